The van der Waals surface area contributed by atoms with Gasteiger partial charge in [0.15, 0.2) is 5.82 Å². The molecule has 0 aliphatic carbocycles. The SMILES string of the molecule is c1ccc(-c2ccc(-c3nc4ccc5ccccc5c4nc3-n3c4ccccc4c4c5c6c(cc43)c3ccccc3n6-c3ccccc3-c3ccccc3-5)cc2)cc1. The van der Waals surface area contributed by atoms with Crippen LogP contribution >= 0.6 is 0 Å². The lowest BCUT2D eigenvalue weighted by molar-refractivity contribution is 1.08. The molecule has 1 aliphatic heterocycles. The summed E-state index contributed by atoms with van der Waals surface area (Å²) in [6, 6.07) is 70.0. The molecule has 13 rings (SSSR count). The van der Waals surface area contributed by atoms with Gasteiger partial charge >= 0.3 is 0 Å². The summed E-state index contributed by atoms with van der Waals surface area (Å²) in [4.78, 5) is 11.2. The Morgan fingerprint density at radius 2 is 1.00 bits per heavy atom. The van der Waals surface area contributed by atoms with Gasteiger partial charge in [-0.2, -0.15) is 0 Å². The maximum atomic E-state index is 5.71. The molecule has 0 saturated heterocycles. The largest absolute Gasteiger partial charge is 0.308 e. The average Bonchev–Trinajstić information content (AvgIpc) is 3.76. The first-order chi connectivity index (χ1) is 28.8. The molecule has 0 unspecified atom stereocenters. The van der Waals surface area contributed by atoms with Gasteiger partial charge in [0.25, 0.3) is 0 Å². The van der Waals surface area contributed by atoms with E-state index in [-0.39, 0.29) is 0 Å². The smallest absolute Gasteiger partial charge is 0.165 e. The number of hydrogen-bond acceptors (Lipinski definition) is 2. The van der Waals surface area contributed by atoms with Crippen molar-refractivity contribution in [1.29, 1.82) is 0 Å². The second kappa shape index (κ2) is 11.8. The zero-order valence-electron chi connectivity index (χ0n) is 31.3. The van der Waals surface area contributed by atoms with Gasteiger partial charge in [-0.25, -0.2) is 9.97 Å². The lowest BCUT2D eigenvalue weighted by Gasteiger charge is -2.16. The number of benzene rings is 9. The van der Waals surface area contributed by atoms with Gasteiger partial charge < -0.3 is 4.57 Å². The van der Waals surface area contributed by atoms with Gasteiger partial charge in [-0.15, -0.1) is 0 Å². The quantitative estimate of drug-likeness (QED) is 0.169. The number of fused-ring (bicyclic) bond motifs is 15. The van der Waals surface area contributed by atoms with E-state index in [0.717, 1.165) is 55.5 Å². The molecule has 4 heteroatoms. The summed E-state index contributed by atoms with van der Waals surface area (Å²) in [5.74, 6) is 0.808. The lowest BCUT2D eigenvalue weighted by Crippen LogP contribution is -2.04. The Hall–Kier alpha value is -7.82. The molecule has 3 aromatic heterocycles. The third-order valence-electron chi connectivity index (χ3n) is 12.2. The van der Waals surface area contributed by atoms with Crippen molar-refractivity contribution in [2.24, 2.45) is 0 Å². The van der Waals surface area contributed by atoms with E-state index < -0.39 is 0 Å². The standard InChI is InChI=1S/C54H32N4/c1-2-14-33(15-3-1)34-26-28-36(29-27-34)51-54(56-52-37-17-5-4-16-35(37)30-31-44(52)55-51)58-47-25-13-10-22-42(47)49-48(58)32-43-40-20-9-12-24-46(40)57-45-23-11-8-19-39(45)38-18-6-7-21-41(38)50(49)53(43)57/h1-32H. The first kappa shape index (κ1) is 31.4. The van der Waals surface area contributed by atoms with Gasteiger partial charge in [0.1, 0.15) is 5.69 Å². The van der Waals surface area contributed by atoms with Crippen LogP contribution in [0.5, 0.6) is 0 Å². The summed E-state index contributed by atoms with van der Waals surface area (Å²) in [7, 11) is 0. The Morgan fingerprint density at radius 3 is 1.83 bits per heavy atom. The van der Waals surface area contributed by atoms with Crippen molar-refractivity contribution in [3.8, 4) is 56.1 Å². The summed E-state index contributed by atoms with van der Waals surface area (Å²) >= 11 is 0. The van der Waals surface area contributed by atoms with Crippen LogP contribution in [0.25, 0.3) is 122 Å². The van der Waals surface area contributed by atoms with Crippen molar-refractivity contribution >= 4 is 65.4 Å². The van der Waals surface area contributed by atoms with Crippen molar-refractivity contribution in [2.75, 3.05) is 0 Å². The average molecular weight is 737 g/mol. The molecule has 0 bridgehead atoms. The van der Waals surface area contributed by atoms with Gasteiger partial charge in [-0.05, 0) is 58.0 Å². The minimum absolute atomic E-state index is 0.808. The molecule has 0 fully saturated rings. The highest BCUT2D eigenvalue weighted by molar-refractivity contribution is 6.28. The summed E-state index contributed by atoms with van der Waals surface area (Å²) in [6.45, 7) is 0. The zero-order chi connectivity index (χ0) is 37.9. The first-order valence-corrected chi connectivity index (χ1v) is 19.8. The molecular formula is C54H32N4. The number of rotatable bonds is 3. The molecule has 0 spiro atoms. The summed E-state index contributed by atoms with van der Waals surface area (Å²) in [5.41, 5.74) is 16.7. The Balaban J connectivity index is 1.21. The van der Waals surface area contributed by atoms with Crippen molar-refractivity contribution in [3.63, 3.8) is 0 Å². The maximum Gasteiger partial charge on any atom is 0.165 e. The summed E-state index contributed by atoms with van der Waals surface area (Å²) in [5, 5.41) is 7.04. The molecule has 9 aromatic carbocycles. The van der Waals surface area contributed by atoms with Crippen LogP contribution in [0.4, 0.5) is 0 Å². The first-order valence-electron chi connectivity index (χ1n) is 19.8. The molecule has 0 radical (unpaired) electrons. The molecule has 268 valence electrons. The fourth-order valence-corrected chi connectivity index (χ4v) is 9.73. The van der Waals surface area contributed by atoms with E-state index in [4.69, 9.17) is 9.97 Å². The predicted octanol–water partition coefficient (Wildman–Crippen LogP) is 14.0. The molecule has 0 amide bonds. The van der Waals surface area contributed by atoms with Crippen LogP contribution in [-0.2, 0) is 0 Å². The highest BCUT2D eigenvalue weighted by atomic mass is 15.1. The van der Waals surface area contributed by atoms with Crippen LogP contribution in [0.1, 0.15) is 0 Å². The molecule has 58 heavy (non-hydrogen) atoms. The lowest BCUT2D eigenvalue weighted by atomic mass is 9.91. The molecular weight excluding hydrogens is 705 g/mol. The van der Waals surface area contributed by atoms with Crippen LogP contribution in [-0.4, -0.2) is 19.1 Å². The maximum absolute atomic E-state index is 5.71. The van der Waals surface area contributed by atoms with Crippen molar-refractivity contribution in [1.82, 2.24) is 19.1 Å². The van der Waals surface area contributed by atoms with E-state index in [9.17, 15) is 0 Å². The Morgan fingerprint density at radius 1 is 0.379 bits per heavy atom. The topological polar surface area (TPSA) is 35.6 Å². The molecule has 1 aliphatic rings. The summed E-state index contributed by atoms with van der Waals surface area (Å²) < 4.78 is 4.89. The number of aromatic nitrogens is 4. The normalized spacial score (nSPS) is 12.1. The van der Waals surface area contributed by atoms with E-state index in [1.54, 1.807) is 0 Å². The van der Waals surface area contributed by atoms with Gasteiger partial charge in [-0.1, -0.05) is 164 Å². The van der Waals surface area contributed by atoms with Crippen molar-refractivity contribution in [3.05, 3.63) is 194 Å². The molecule has 4 nitrogen and oxygen atoms in total. The second-order valence-corrected chi connectivity index (χ2v) is 15.3. The molecule has 4 heterocycles. The van der Waals surface area contributed by atoms with Crippen LogP contribution in [0.2, 0.25) is 0 Å². The van der Waals surface area contributed by atoms with Crippen LogP contribution < -0.4 is 0 Å². The van der Waals surface area contributed by atoms with Gasteiger partial charge in [0.05, 0.1) is 38.8 Å². The Bertz CT molecular complexity index is 3670. The summed E-state index contributed by atoms with van der Waals surface area (Å²) in [6.07, 6.45) is 0. The zero-order valence-corrected chi connectivity index (χ0v) is 31.3. The molecule has 0 atom stereocenters. The number of nitrogens with zero attached hydrogens (tertiary/aromatic N) is 4. The van der Waals surface area contributed by atoms with E-state index >= 15 is 0 Å². The van der Waals surface area contributed by atoms with Gasteiger partial charge in [-0.3, -0.25) is 4.57 Å². The van der Waals surface area contributed by atoms with Crippen molar-refractivity contribution in [2.45, 2.75) is 0 Å². The predicted molar refractivity (Wildman–Crippen MR) is 241 cm³/mol. The Labute approximate surface area is 333 Å². The van der Waals surface area contributed by atoms with Gasteiger partial charge in [0.2, 0.25) is 0 Å². The monoisotopic (exact) mass is 736 g/mol. The van der Waals surface area contributed by atoms with Crippen molar-refractivity contribution < 1.29 is 0 Å². The van der Waals surface area contributed by atoms with Gasteiger partial charge in [0, 0.05) is 43.6 Å². The number of hydrogen-bond donors (Lipinski definition) is 0. The minimum atomic E-state index is 0.808. The van der Waals surface area contributed by atoms with Crippen LogP contribution in [0.15, 0.2) is 194 Å². The molecule has 0 N–H and O–H groups in total. The molecule has 0 saturated carbocycles. The highest BCUT2D eigenvalue weighted by Gasteiger charge is 2.29. The van der Waals surface area contributed by atoms with Crippen LogP contribution in [0.3, 0.4) is 0 Å². The van der Waals surface area contributed by atoms with E-state index in [2.05, 4.69) is 203 Å². The Kier molecular flexibility index (Phi) is 6.41. The third-order valence-corrected chi connectivity index (χ3v) is 12.2. The third kappa shape index (κ3) is 4.29. The molecule has 12 aromatic rings. The highest BCUT2D eigenvalue weighted by Crippen LogP contribution is 2.52. The second-order valence-electron chi connectivity index (χ2n) is 15.3. The van der Waals surface area contributed by atoms with E-state index in [1.807, 2.05) is 0 Å². The van der Waals surface area contributed by atoms with Crippen LogP contribution in [0, 0.1) is 0 Å². The number of para-hydroxylation sites is 3. The minimum Gasteiger partial charge on any atom is -0.308 e. The fraction of sp³-hybridized carbons (Fsp3) is 0. The fourth-order valence-electron chi connectivity index (χ4n) is 9.73. The van der Waals surface area contributed by atoms with E-state index in [1.165, 1.54) is 66.1 Å². The van der Waals surface area contributed by atoms with E-state index in [0.29, 0.717) is 0 Å².